The lowest BCUT2D eigenvalue weighted by Crippen LogP contribution is -2.42. The topological polar surface area (TPSA) is 81.9 Å². The van der Waals surface area contributed by atoms with Crippen molar-refractivity contribution in [2.24, 2.45) is 5.14 Å². The van der Waals surface area contributed by atoms with Crippen molar-refractivity contribution in [3.8, 4) is 5.75 Å². The van der Waals surface area contributed by atoms with E-state index in [1.165, 1.54) is 0 Å². The number of nitrogens with zero attached hydrogens (tertiary/aromatic N) is 1. The van der Waals surface area contributed by atoms with E-state index in [-0.39, 0.29) is 11.0 Å². The Labute approximate surface area is 125 Å². The number of benzene rings is 1. The smallest absolute Gasteiger partial charge is 0.238 e. The highest BCUT2D eigenvalue weighted by Crippen LogP contribution is 2.25. The van der Waals surface area contributed by atoms with Gasteiger partial charge >= 0.3 is 0 Å². The number of hydrogen-bond donors (Lipinski definition) is 1. The van der Waals surface area contributed by atoms with Crippen LogP contribution in [0, 0.1) is 13.8 Å². The predicted octanol–water partition coefficient (Wildman–Crippen LogP) is 0.660. The lowest BCUT2D eigenvalue weighted by molar-refractivity contribution is -0.0403. The summed E-state index contributed by atoms with van der Waals surface area (Å²) >= 11 is 0. The van der Waals surface area contributed by atoms with Crippen LogP contribution in [0.2, 0.25) is 0 Å². The van der Waals surface area contributed by atoms with Gasteiger partial charge in [0.15, 0.2) is 0 Å². The zero-order chi connectivity index (χ0) is 15.6. The Morgan fingerprint density at radius 1 is 1.38 bits per heavy atom. The SMILES string of the molecule is Cc1cc(OCC2CN(C)CCO2)cc(C)c1S(N)(=O)=O. The first-order chi connectivity index (χ1) is 9.77. The normalized spacial score (nSPS) is 20.5. The van der Waals surface area contributed by atoms with Gasteiger partial charge in [0.1, 0.15) is 18.5 Å². The fourth-order valence-corrected chi connectivity index (χ4v) is 3.61. The lowest BCUT2D eigenvalue weighted by atomic mass is 10.1. The number of aryl methyl sites for hydroxylation is 2. The van der Waals surface area contributed by atoms with Gasteiger partial charge in [-0.2, -0.15) is 0 Å². The third-order valence-electron chi connectivity index (χ3n) is 3.50. The second kappa shape index (κ2) is 6.31. The molecule has 0 amide bonds. The maximum absolute atomic E-state index is 11.5. The first kappa shape index (κ1) is 16.2. The molecule has 2 rings (SSSR count). The van der Waals surface area contributed by atoms with Gasteiger partial charge in [-0.25, -0.2) is 13.6 Å². The van der Waals surface area contributed by atoms with E-state index >= 15 is 0 Å². The first-order valence-corrected chi connectivity index (χ1v) is 8.39. The monoisotopic (exact) mass is 314 g/mol. The summed E-state index contributed by atoms with van der Waals surface area (Å²) in [6, 6.07) is 3.39. The van der Waals surface area contributed by atoms with E-state index in [0.717, 1.165) is 13.1 Å². The molecule has 7 heteroatoms. The second-order valence-corrected chi connectivity index (χ2v) is 7.00. The molecule has 1 unspecified atom stereocenters. The van der Waals surface area contributed by atoms with Gasteiger partial charge in [-0.15, -0.1) is 0 Å². The number of hydrogen-bond acceptors (Lipinski definition) is 5. The molecule has 1 fully saturated rings. The molecule has 0 radical (unpaired) electrons. The second-order valence-electron chi connectivity index (χ2n) is 5.50. The van der Waals surface area contributed by atoms with Gasteiger partial charge < -0.3 is 14.4 Å². The van der Waals surface area contributed by atoms with Crippen LogP contribution in [0.25, 0.3) is 0 Å². The molecule has 0 bridgehead atoms. The van der Waals surface area contributed by atoms with Crippen LogP contribution in [0.4, 0.5) is 0 Å². The zero-order valence-electron chi connectivity index (χ0n) is 12.6. The molecule has 1 heterocycles. The first-order valence-electron chi connectivity index (χ1n) is 6.84. The fraction of sp³-hybridized carbons (Fsp3) is 0.571. The van der Waals surface area contributed by atoms with Crippen molar-refractivity contribution >= 4 is 10.0 Å². The minimum atomic E-state index is -3.71. The van der Waals surface area contributed by atoms with E-state index < -0.39 is 10.0 Å². The van der Waals surface area contributed by atoms with E-state index in [1.54, 1.807) is 26.0 Å². The number of ether oxygens (including phenoxy) is 2. The van der Waals surface area contributed by atoms with E-state index in [0.29, 0.717) is 30.1 Å². The number of rotatable bonds is 4. The Hall–Kier alpha value is -1.15. The highest BCUT2D eigenvalue weighted by atomic mass is 32.2. The molecular formula is C14H22N2O4S. The minimum absolute atomic E-state index is 0.0299. The number of primary sulfonamides is 1. The summed E-state index contributed by atoms with van der Waals surface area (Å²) in [4.78, 5) is 2.36. The van der Waals surface area contributed by atoms with Crippen LogP contribution in [-0.2, 0) is 14.8 Å². The van der Waals surface area contributed by atoms with Crippen molar-refractivity contribution in [1.82, 2.24) is 4.90 Å². The average molecular weight is 314 g/mol. The van der Waals surface area contributed by atoms with Gasteiger partial charge in [0.2, 0.25) is 10.0 Å². The van der Waals surface area contributed by atoms with E-state index in [9.17, 15) is 8.42 Å². The van der Waals surface area contributed by atoms with Crippen LogP contribution >= 0.6 is 0 Å². The summed E-state index contributed by atoms with van der Waals surface area (Å²) in [5.74, 6) is 0.634. The molecule has 1 saturated heterocycles. The summed E-state index contributed by atoms with van der Waals surface area (Å²) in [5, 5.41) is 5.22. The van der Waals surface area contributed by atoms with Crippen molar-refractivity contribution in [3.05, 3.63) is 23.3 Å². The average Bonchev–Trinajstić information content (AvgIpc) is 2.34. The van der Waals surface area contributed by atoms with E-state index in [2.05, 4.69) is 4.90 Å². The Morgan fingerprint density at radius 2 is 2.00 bits per heavy atom. The van der Waals surface area contributed by atoms with Gasteiger partial charge in [-0.3, -0.25) is 0 Å². The summed E-state index contributed by atoms with van der Waals surface area (Å²) in [5.41, 5.74) is 1.18. The summed E-state index contributed by atoms with van der Waals surface area (Å²) in [6.07, 6.45) is 0.0299. The van der Waals surface area contributed by atoms with Crippen molar-refractivity contribution in [2.75, 3.05) is 33.4 Å². The van der Waals surface area contributed by atoms with Crippen molar-refractivity contribution < 1.29 is 17.9 Å². The van der Waals surface area contributed by atoms with E-state index in [4.69, 9.17) is 14.6 Å². The molecule has 0 aliphatic carbocycles. The number of sulfonamides is 1. The molecule has 0 saturated carbocycles. The maximum atomic E-state index is 11.5. The van der Waals surface area contributed by atoms with Crippen LogP contribution in [0.1, 0.15) is 11.1 Å². The Balaban J connectivity index is 2.08. The molecule has 1 atom stereocenters. The third-order valence-corrected chi connectivity index (χ3v) is 4.71. The minimum Gasteiger partial charge on any atom is -0.491 e. The van der Waals surface area contributed by atoms with Crippen LogP contribution in [0.15, 0.2) is 17.0 Å². The van der Waals surface area contributed by atoms with Crippen LogP contribution in [-0.4, -0.2) is 52.8 Å². The zero-order valence-corrected chi connectivity index (χ0v) is 13.4. The van der Waals surface area contributed by atoms with E-state index in [1.807, 2.05) is 7.05 Å². The summed E-state index contributed by atoms with van der Waals surface area (Å²) in [6.45, 7) is 6.32. The highest BCUT2D eigenvalue weighted by Gasteiger charge is 2.20. The maximum Gasteiger partial charge on any atom is 0.238 e. The standard InChI is InChI=1S/C14H22N2O4S/c1-10-6-12(7-11(2)14(10)21(15,17)18)20-9-13-8-16(3)4-5-19-13/h6-7,13H,4-5,8-9H2,1-3H3,(H2,15,17,18). The van der Waals surface area contributed by atoms with Crippen molar-refractivity contribution in [3.63, 3.8) is 0 Å². The summed E-state index contributed by atoms with van der Waals surface area (Å²) < 4.78 is 34.4. The summed E-state index contributed by atoms with van der Waals surface area (Å²) in [7, 11) is -1.66. The van der Waals surface area contributed by atoms with Gasteiger partial charge in [0, 0.05) is 13.1 Å². The van der Waals surface area contributed by atoms with Crippen molar-refractivity contribution in [1.29, 1.82) is 0 Å². The molecule has 2 N–H and O–H groups in total. The molecule has 21 heavy (non-hydrogen) atoms. The molecule has 1 aromatic carbocycles. The van der Waals surface area contributed by atoms with Gasteiger partial charge in [0.25, 0.3) is 0 Å². The number of likely N-dealkylation sites (N-methyl/N-ethyl adjacent to an activating group) is 1. The molecule has 0 aromatic heterocycles. The number of morpholine rings is 1. The number of nitrogens with two attached hydrogens (primary N) is 1. The third kappa shape index (κ3) is 4.16. The largest absolute Gasteiger partial charge is 0.491 e. The molecule has 1 aromatic rings. The molecule has 0 spiro atoms. The molecule has 1 aliphatic rings. The van der Waals surface area contributed by atoms with Crippen LogP contribution in [0.3, 0.4) is 0 Å². The molecule has 1 aliphatic heterocycles. The Bertz CT molecular complexity index is 592. The molecule has 118 valence electrons. The Kier molecular flexibility index (Phi) is 4.88. The fourth-order valence-electron chi connectivity index (χ4n) is 2.60. The molecular weight excluding hydrogens is 292 g/mol. The van der Waals surface area contributed by atoms with Gasteiger partial charge in [0.05, 0.1) is 11.5 Å². The molecule has 6 nitrogen and oxygen atoms in total. The highest BCUT2D eigenvalue weighted by molar-refractivity contribution is 7.89. The van der Waals surface area contributed by atoms with Crippen LogP contribution in [0.5, 0.6) is 5.75 Å². The quantitative estimate of drug-likeness (QED) is 0.883. The Morgan fingerprint density at radius 3 is 2.52 bits per heavy atom. The van der Waals surface area contributed by atoms with Crippen molar-refractivity contribution in [2.45, 2.75) is 24.8 Å². The van der Waals surface area contributed by atoms with Crippen LogP contribution < -0.4 is 9.88 Å². The lowest BCUT2D eigenvalue weighted by Gasteiger charge is -2.29. The van der Waals surface area contributed by atoms with Gasteiger partial charge in [-0.05, 0) is 44.2 Å². The van der Waals surface area contributed by atoms with Gasteiger partial charge in [-0.1, -0.05) is 0 Å². The predicted molar refractivity (Wildman–Crippen MR) is 80.0 cm³/mol.